The van der Waals surface area contributed by atoms with Crippen molar-refractivity contribution in [2.45, 2.75) is 32.4 Å². The molecule has 20 heavy (non-hydrogen) atoms. The molecule has 0 fully saturated rings. The summed E-state index contributed by atoms with van der Waals surface area (Å²) >= 11 is 15.5. The molecule has 1 rings (SSSR count). The molecule has 0 aliphatic rings. The highest BCUT2D eigenvalue weighted by Gasteiger charge is 2.17. The van der Waals surface area contributed by atoms with E-state index in [1.165, 1.54) is 0 Å². The number of benzene rings is 1. The average molecular weight is 385 g/mol. The lowest BCUT2D eigenvalue weighted by molar-refractivity contribution is 0.0765. The highest BCUT2D eigenvalue weighted by atomic mass is 79.9. The van der Waals surface area contributed by atoms with Crippen molar-refractivity contribution in [3.05, 3.63) is 26.7 Å². The van der Waals surface area contributed by atoms with E-state index in [1.54, 1.807) is 19.2 Å². The summed E-state index contributed by atoms with van der Waals surface area (Å²) in [7, 11) is 1.64. The SMILES string of the molecule is COCC(CNC(C)(C)C)Oc1cc(Cl)c(Br)cc1Cl. The van der Waals surface area contributed by atoms with Gasteiger partial charge in [-0.15, -0.1) is 0 Å². The second-order valence-electron chi connectivity index (χ2n) is 5.52. The minimum atomic E-state index is -0.144. The fourth-order valence-corrected chi connectivity index (χ4v) is 2.35. The largest absolute Gasteiger partial charge is 0.485 e. The van der Waals surface area contributed by atoms with Gasteiger partial charge in [0.25, 0.3) is 0 Å². The Morgan fingerprint density at radius 3 is 2.45 bits per heavy atom. The molecule has 114 valence electrons. The van der Waals surface area contributed by atoms with Crippen molar-refractivity contribution in [1.82, 2.24) is 5.32 Å². The summed E-state index contributed by atoms with van der Waals surface area (Å²) in [4.78, 5) is 0. The van der Waals surface area contributed by atoms with E-state index in [-0.39, 0.29) is 11.6 Å². The number of hydrogen-bond donors (Lipinski definition) is 1. The molecule has 1 unspecified atom stereocenters. The summed E-state index contributed by atoms with van der Waals surface area (Å²) in [6.45, 7) is 7.41. The Morgan fingerprint density at radius 2 is 1.90 bits per heavy atom. The van der Waals surface area contributed by atoms with E-state index in [4.69, 9.17) is 32.7 Å². The molecule has 0 heterocycles. The number of halogens is 3. The van der Waals surface area contributed by atoms with Crippen molar-refractivity contribution in [2.75, 3.05) is 20.3 Å². The van der Waals surface area contributed by atoms with Crippen LogP contribution in [0.1, 0.15) is 20.8 Å². The van der Waals surface area contributed by atoms with Gasteiger partial charge in [-0.25, -0.2) is 0 Å². The van der Waals surface area contributed by atoms with Gasteiger partial charge >= 0.3 is 0 Å². The Labute approximate surface area is 139 Å². The first-order chi connectivity index (χ1) is 9.23. The van der Waals surface area contributed by atoms with Crippen LogP contribution in [-0.2, 0) is 4.74 Å². The molecule has 1 N–H and O–H groups in total. The van der Waals surface area contributed by atoms with E-state index in [0.29, 0.717) is 28.9 Å². The molecule has 0 bridgehead atoms. The topological polar surface area (TPSA) is 30.5 Å². The van der Waals surface area contributed by atoms with E-state index in [1.807, 2.05) is 0 Å². The molecule has 0 aliphatic carbocycles. The zero-order chi connectivity index (χ0) is 15.3. The molecule has 0 saturated carbocycles. The van der Waals surface area contributed by atoms with Crippen LogP contribution in [0.4, 0.5) is 0 Å². The van der Waals surface area contributed by atoms with Crippen molar-refractivity contribution in [1.29, 1.82) is 0 Å². The van der Waals surface area contributed by atoms with Crippen molar-refractivity contribution < 1.29 is 9.47 Å². The third-order valence-electron chi connectivity index (χ3n) is 2.48. The number of ether oxygens (including phenoxy) is 2. The number of nitrogens with one attached hydrogen (secondary N) is 1. The van der Waals surface area contributed by atoms with Gasteiger partial charge in [-0.05, 0) is 42.8 Å². The zero-order valence-corrected chi connectivity index (χ0v) is 15.2. The fraction of sp³-hybridized carbons (Fsp3) is 0.571. The maximum atomic E-state index is 6.16. The van der Waals surface area contributed by atoms with Gasteiger partial charge in [-0.3, -0.25) is 0 Å². The van der Waals surface area contributed by atoms with Crippen molar-refractivity contribution in [3.63, 3.8) is 0 Å². The Balaban J connectivity index is 2.77. The smallest absolute Gasteiger partial charge is 0.140 e. The number of hydrogen-bond acceptors (Lipinski definition) is 3. The summed E-state index contributed by atoms with van der Waals surface area (Å²) in [5.41, 5.74) is 0.0104. The molecule has 0 aromatic heterocycles. The van der Waals surface area contributed by atoms with Crippen molar-refractivity contribution >= 4 is 39.1 Å². The maximum absolute atomic E-state index is 6.16. The van der Waals surface area contributed by atoms with Crippen LogP contribution in [-0.4, -0.2) is 31.9 Å². The van der Waals surface area contributed by atoms with Crippen LogP contribution in [0.3, 0.4) is 0 Å². The van der Waals surface area contributed by atoms with E-state index >= 15 is 0 Å². The van der Waals surface area contributed by atoms with Gasteiger partial charge in [0.2, 0.25) is 0 Å². The molecule has 1 atom stereocenters. The normalized spacial score (nSPS) is 13.3. The highest BCUT2D eigenvalue weighted by Crippen LogP contribution is 2.34. The first kappa shape index (κ1) is 18.1. The molecular weight excluding hydrogens is 365 g/mol. The Kier molecular flexibility index (Phi) is 7.09. The Morgan fingerprint density at radius 1 is 1.25 bits per heavy atom. The standard InChI is InChI=1S/C14H20BrCl2NO2/c1-14(2,3)18-7-9(8-19-4)20-13-6-11(16)10(15)5-12(13)17/h5-6,9,18H,7-8H2,1-4H3. The Bertz CT molecular complexity index is 450. The van der Waals surface area contributed by atoms with Gasteiger partial charge in [0.15, 0.2) is 0 Å². The van der Waals surface area contributed by atoms with Gasteiger partial charge in [0.05, 0.1) is 16.7 Å². The zero-order valence-electron chi connectivity index (χ0n) is 12.1. The molecule has 1 aromatic rings. The molecule has 0 radical (unpaired) electrons. The lowest BCUT2D eigenvalue weighted by atomic mass is 10.1. The fourth-order valence-electron chi connectivity index (χ4n) is 1.51. The molecule has 0 amide bonds. The van der Waals surface area contributed by atoms with Crippen LogP contribution in [0, 0.1) is 0 Å². The van der Waals surface area contributed by atoms with Gasteiger partial charge in [0, 0.05) is 29.7 Å². The molecular formula is C14H20BrCl2NO2. The summed E-state index contributed by atoms with van der Waals surface area (Å²) < 4.78 is 11.8. The van der Waals surface area contributed by atoms with Crippen LogP contribution >= 0.6 is 39.1 Å². The predicted octanol–water partition coefficient (Wildman–Crippen LogP) is 4.54. The summed E-state index contributed by atoms with van der Waals surface area (Å²) in [6.07, 6.45) is -0.144. The van der Waals surface area contributed by atoms with Crippen LogP contribution in [0.5, 0.6) is 5.75 Å². The molecule has 1 aromatic carbocycles. The molecule has 0 aliphatic heterocycles. The summed E-state index contributed by atoms with van der Waals surface area (Å²) in [6, 6.07) is 3.42. The predicted molar refractivity (Wildman–Crippen MR) is 88.2 cm³/mol. The monoisotopic (exact) mass is 383 g/mol. The third-order valence-corrected chi connectivity index (χ3v) is 3.97. The number of methoxy groups -OCH3 is 1. The van der Waals surface area contributed by atoms with Gasteiger partial charge in [-0.1, -0.05) is 23.2 Å². The maximum Gasteiger partial charge on any atom is 0.140 e. The van der Waals surface area contributed by atoms with Crippen molar-refractivity contribution in [2.24, 2.45) is 0 Å². The van der Waals surface area contributed by atoms with Crippen molar-refractivity contribution in [3.8, 4) is 5.75 Å². The van der Waals surface area contributed by atoms with Gasteiger partial charge in [-0.2, -0.15) is 0 Å². The molecule has 0 spiro atoms. The third kappa shape index (κ3) is 6.19. The molecule has 3 nitrogen and oxygen atoms in total. The first-order valence-corrected chi connectivity index (χ1v) is 7.83. The van der Waals surface area contributed by atoms with E-state index in [2.05, 4.69) is 42.0 Å². The Hall–Kier alpha value is -0.0000000000000000555. The molecule has 6 heteroatoms. The van der Waals surface area contributed by atoms with E-state index < -0.39 is 0 Å². The van der Waals surface area contributed by atoms with E-state index in [0.717, 1.165) is 4.47 Å². The highest BCUT2D eigenvalue weighted by molar-refractivity contribution is 9.10. The number of rotatable bonds is 6. The van der Waals surface area contributed by atoms with Crippen LogP contribution in [0.15, 0.2) is 16.6 Å². The second kappa shape index (κ2) is 7.85. The minimum absolute atomic E-state index is 0.0104. The average Bonchev–Trinajstić information content (AvgIpc) is 2.32. The van der Waals surface area contributed by atoms with E-state index in [9.17, 15) is 0 Å². The summed E-state index contributed by atoms with van der Waals surface area (Å²) in [5.74, 6) is 0.553. The first-order valence-electron chi connectivity index (χ1n) is 6.28. The van der Waals surface area contributed by atoms with Gasteiger partial charge < -0.3 is 14.8 Å². The van der Waals surface area contributed by atoms with Crippen LogP contribution < -0.4 is 10.1 Å². The van der Waals surface area contributed by atoms with Crippen LogP contribution in [0.2, 0.25) is 10.0 Å². The lowest BCUT2D eigenvalue weighted by Gasteiger charge is -2.26. The second-order valence-corrected chi connectivity index (χ2v) is 7.19. The minimum Gasteiger partial charge on any atom is -0.485 e. The quantitative estimate of drug-likeness (QED) is 0.730. The molecule has 0 saturated heterocycles. The van der Waals surface area contributed by atoms with Gasteiger partial charge in [0.1, 0.15) is 11.9 Å². The summed E-state index contributed by atoms with van der Waals surface area (Å²) in [5, 5.41) is 4.45. The lowest BCUT2D eigenvalue weighted by Crippen LogP contribution is -2.44. The van der Waals surface area contributed by atoms with Crippen LogP contribution in [0.25, 0.3) is 0 Å².